The van der Waals surface area contributed by atoms with Crippen LogP contribution in [0, 0.1) is 0 Å². The monoisotopic (exact) mass is 239 g/mol. The lowest BCUT2D eigenvalue weighted by molar-refractivity contribution is -0.121. The number of carbonyl (C=O) groups excluding carboxylic acids is 1. The van der Waals surface area contributed by atoms with E-state index in [0.29, 0.717) is 6.42 Å². The molecule has 0 spiro atoms. The van der Waals surface area contributed by atoms with Crippen LogP contribution in [-0.4, -0.2) is 17.7 Å². The molecular formula is C13H21NOS. The number of rotatable bonds is 6. The Hall–Kier alpha value is -0.700. The van der Waals surface area contributed by atoms with Crippen LogP contribution in [-0.2, 0) is 4.79 Å². The van der Waals surface area contributed by atoms with Gasteiger partial charge in [0.1, 0.15) is 0 Å². The van der Waals surface area contributed by atoms with E-state index in [2.05, 4.69) is 30.5 Å². The largest absolute Gasteiger partial charge is 0.350 e. The van der Waals surface area contributed by atoms with Gasteiger partial charge in [-0.3, -0.25) is 4.79 Å². The molecule has 1 rings (SSSR count). The van der Waals surface area contributed by atoms with Gasteiger partial charge in [-0.15, -0.1) is 11.8 Å². The second-order valence-corrected chi connectivity index (χ2v) is 5.17. The second-order valence-electron chi connectivity index (χ2n) is 3.95. The van der Waals surface area contributed by atoms with Gasteiger partial charge in [0.05, 0.1) is 6.04 Å². The van der Waals surface area contributed by atoms with Gasteiger partial charge in [-0.1, -0.05) is 38.5 Å². The summed E-state index contributed by atoms with van der Waals surface area (Å²) in [5.41, 5.74) is 0. The van der Waals surface area contributed by atoms with Crippen molar-refractivity contribution in [1.82, 2.24) is 5.32 Å². The average molecular weight is 239 g/mol. The van der Waals surface area contributed by atoms with Gasteiger partial charge in [0, 0.05) is 12.8 Å². The van der Waals surface area contributed by atoms with E-state index in [1.54, 1.807) is 0 Å². The van der Waals surface area contributed by atoms with Crippen molar-refractivity contribution < 1.29 is 4.79 Å². The Morgan fingerprint density at radius 3 is 3.06 bits per heavy atom. The molecule has 0 fully saturated rings. The second kappa shape index (κ2) is 7.55. The number of hydrogen-bond acceptors (Lipinski definition) is 2. The van der Waals surface area contributed by atoms with E-state index in [1.807, 2.05) is 18.7 Å². The lowest BCUT2D eigenvalue weighted by atomic mass is 10.1. The molecule has 0 aromatic heterocycles. The molecule has 2 nitrogen and oxygen atoms in total. The Balaban J connectivity index is 2.32. The highest BCUT2D eigenvalue weighted by molar-refractivity contribution is 8.03. The molecule has 0 saturated heterocycles. The van der Waals surface area contributed by atoms with Gasteiger partial charge in [-0.2, -0.15) is 0 Å². The standard InChI is InChI=1S/C13H21NOS/c1-3-5-9-16-12-8-6-7-11(10-12)14-13(15)4-2/h6-8,11H,3-5,9-10H2,1-2H3,(H,14,15). The summed E-state index contributed by atoms with van der Waals surface area (Å²) in [6, 6.07) is 0.196. The van der Waals surface area contributed by atoms with Crippen molar-refractivity contribution in [3.63, 3.8) is 0 Å². The molecule has 90 valence electrons. The molecule has 0 aliphatic heterocycles. The van der Waals surface area contributed by atoms with Crippen LogP contribution in [0.2, 0.25) is 0 Å². The third-order valence-corrected chi connectivity index (χ3v) is 3.67. The van der Waals surface area contributed by atoms with E-state index in [0.717, 1.165) is 6.42 Å². The number of amides is 1. The maximum Gasteiger partial charge on any atom is 0.220 e. The molecule has 1 amide bonds. The predicted molar refractivity (Wildman–Crippen MR) is 71.4 cm³/mol. The number of carbonyl (C=O) groups is 1. The molecule has 0 heterocycles. The van der Waals surface area contributed by atoms with Crippen LogP contribution in [0.1, 0.15) is 39.5 Å². The fourth-order valence-electron chi connectivity index (χ4n) is 1.51. The zero-order valence-electron chi connectivity index (χ0n) is 10.2. The van der Waals surface area contributed by atoms with Crippen LogP contribution in [0.25, 0.3) is 0 Å². The molecule has 0 aromatic carbocycles. The lowest BCUT2D eigenvalue weighted by Gasteiger charge is -2.19. The normalized spacial score (nSPS) is 19.4. The third-order valence-electron chi connectivity index (χ3n) is 2.50. The first-order valence-electron chi connectivity index (χ1n) is 6.05. The molecule has 1 unspecified atom stereocenters. The summed E-state index contributed by atoms with van der Waals surface area (Å²) in [7, 11) is 0. The summed E-state index contributed by atoms with van der Waals surface area (Å²) in [5, 5.41) is 3.01. The Labute approximate surface area is 103 Å². The van der Waals surface area contributed by atoms with Crippen molar-refractivity contribution in [3.8, 4) is 0 Å². The van der Waals surface area contributed by atoms with E-state index in [9.17, 15) is 4.79 Å². The van der Waals surface area contributed by atoms with Gasteiger partial charge in [-0.25, -0.2) is 0 Å². The molecule has 0 saturated carbocycles. The smallest absolute Gasteiger partial charge is 0.220 e. The molecular weight excluding hydrogens is 218 g/mol. The van der Waals surface area contributed by atoms with Gasteiger partial charge in [-0.05, 0) is 17.1 Å². The van der Waals surface area contributed by atoms with Crippen molar-refractivity contribution in [3.05, 3.63) is 23.1 Å². The van der Waals surface area contributed by atoms with Gasteiger partial charge in [0.2, 0.25) is 5.91 Å². The van der Waals surface area contributed by atoms with Crippen LogP contribution in [0.4, 0.5) is 0 Å². The Morgan fingerprint density at radius 1 is 1.56 bits per heavy atom. The number of allylic oxidation sites excluding steroid dienone is 2. The first-order chi connectivity index (χ1) is 7.76. The highest BCUT2D eigenvalue weighted by Crippen LogP contribution is 2.25. The molecule has 0 bridgehead atoms. The quantitative estimate of drug-likeness (QED) is 0.721. The van der Waals surface area contributed by atoms with E-state index in [4.69, 9.17) is 0 Å². The molecule has 3 heteroatoms. The first-order valence-corrected chi connectivity index (χ1v) is 7.04. The zero-order chi connectivity index (χ0) is 11.8. The minimum atomic E-state index is 0.134. The molecule has 1 atom stereocenters. The van der Waals surface area contributed by atoms with E-state index < -0.39 is 0 Å². The summed E-state index contributed by atoms with van der Waals surface area (Å²) in [6.07, 6.45) is 10.3. The summed E-state index contributed by atoms with van der Waals surface area (Å²) in [6.45, 7) is 4.09. The SMILES string of the molecule is CCCCSC1=CC=CC(NC(=O)CC)C1. The van der Waals surface area contributed by atoms with Crippen molar-refractivity contribution >= 4 is 17.7 Å². The highest BCUT2D eigenvalue weighted by atomic mass is 32.2. The minimum absolute atomic E-state index is 0.134. The lowest BCUT2D eigenvalue weighted by Crippen LogP contribution is -2.33. The third kappa shape index (κ3) is 4.88. The average Bonchev–Trinajstić information content (AvgIpc) is 2.30. The Morgan fingerprint density at radius 2 is 2.38 bits per heavy atom. The number of unbranched alkanes of at least 4 members (excludes halogenated alkanes) is 1. The number of hydrogen-bond donors (Lipinski definition) is 1. The van der Waals surface area contributed by atoms with Crippen molar-refractivity contribution in [2.45, 2.75) is 45.6 Å². The first kappa shape index (κ1) is 13.4. The summed E-state index contributed by atoms with van der Waals surface area (Å²) in [4.78, 5) is 12.7. The summed E-state index contributed by atoms with van der Waals surface area (Å²) < 4.78 is 0. The van der Waals surface area contributed by atoms with E-state index in [-0.39, 0.29) is 11.9 Å². The van der Waals surface area contributed by atoms with Gasteiger partial charge >= 0.3 is 0 Å². The molecule has 0 aromatic rings. The van der Waals surface area contributed by atoms with Crippen molar-refractivity contribution in [2.24, 2.45) is 0 Å². The molecule has 16 heavy (non-hydrogen) atoms. The van der Waals surface area contributed by atoms with Crippen LogP contribution in [0.3, 0.4) is 0 Å². The van der Waals surface area contributed by atoms with Crippen molar-refractivity contribution in [2.75, 3.05) is 5.75 Å². The predicted octanol–water partition coefficient (Wildman–Crippen LogP) is 3.26. The van der Waals surface area contributed by atoms with Crippen LogP contribution in [0.15, 0.2) is 23.1 Å². The zero-order valence-corrected chi connectivity index (χ0v) is 11.0. The minimum Gasteiger partial charge on any atom is -0.350 e. The van der Waals surface area contributed by atoms with Gasteiger partial charge in [0.15, 0.2) is 0 Å². The van der Waals surface area contributed by atoms with Crippen LogP contribution < -0.4 is 5.32 Å². The Bertz CT molecular complexity index is 284. The summed E-state index contributed by atoms with van der Waals surface area (Å²) in [5.74, 6) is 1.32. The maximum absolute atomic E-state index is 11.3. The van der Waals surface area contributed by atoms with Gasteiger partial charge < -0.3 is 5.32 Å². The van der Waals surface area contributed by atoms with E-state index >= 15 is 0 Å². The molecule has 1 N–H and O–H groups in total. The van der Waals surface area contributed by atoms with Gasteiger partial charge in [0.25, 0.3) is 0 Å². The maximum atomic E-state index is 11.3. The fraction of sp³-hybridized carbons (Fsp3) is 0.615. The number of nitrogens with one attached hydrogen (secondary N) is 1. The van der Waals surface area contributed by atoms with Crippen molar-refractivity contribution in [1.29, 1.82) is 0 Å². The van der Waals surface area contributed by atoms with Crippen LogP contribution in [0.5, 0.6) is 0 Å². The van der Waals surface area contributed by atoms with E-state index in [1.165, 1.54) is 23.5 Å². The Kier molecular flexibility index (Phi) is 6.31. The molecule has 0 radical (unpaired) electrons. The topological polar surface area (TPSA) is 29.1 Å². The van der Waals surface area contributed by atoms with Crippen LogP contribution >= 0.6 is 11.8 Å². The molecule has 1 aliphatic carbocycles. The number of thioether (sulfide) groups is 1. The summed E-state index contributed by atoms with van der Waals surface area (Å²) >= 11 is 1.92. The highest BCUT2D eigenvalue weighted by Gasteiger charge is 2.13. The molecule has 1 aliphatic rings. The fourth-order valence-corrected chi connectivity index (χ4v) is 2.68.